The van der Waals surface area contributed by atoms with Crippen LogP contribution in [0.2, 0.25) is 0 Å². The van der Waals surface area contributed by atoms with Gasteiger partial charge < -0.3 is 14.8 Å². The predicted molar refractivity (Wildman–Crippen MR) is 113 cm³/mol. The molecule has 6 nitrogen and oxygen atoms in total. The van der Waals surface area contributed by atoms with Gasteiger partial charge in [-0.05, 0) is 35.4 Å². The van der Waals surface area contributed by atoms with Gasteiger partial charge in [-0.25, -0.2) is 14.4 Å². The molecule has 0 aliphatic carbocycles. The first-order valence-electron chi connectivity index (χ1n) is 9.14. The van der Waals surface area contributed by atoms with Gasteiger partial charge in [-0.2, -0.15) is 0 Å². The van der Waals surface area contributed by atoms with Gasteiger partial charge in [-0.3, -0.25) is 4.79 Å². The Balaban J connectivity index is 1.46. The van der Waals surface area contributed by atoms with E-state index in [0.717, 1.165) is 27.3 Å². The van der Waals surface area contributed by atoms with Crippen LogP contribution in [-0.2, 0) is 11.3 Å². The van der Waals surface area contributed by atoms with Crippen molar-refractivity contribution in [3.8, 4) is 22.8 Å². The zero-order chi connectivity index (χ0) is 20.9. The van der Waals surface area contributed by atoms with Crippen LogP contribution in [0.1, 0.15) is 5.56 Å². The minimum absolute atomic E-state index is 0.186. The number of rotatable bonds is 7. The van der Waals surface area contributed by atoms with E-state index in [4.69, 9.17) is 9.47 Å². The van der Waals surface area contributed by atoms with Gasteiger partial charge in [0.05, 0.1) is 12.5 Å². The number of nitrogens with one attached hydrogen (secondary N) is 1. The quantitative estimate of drug-likeness (QED) is 0.482. The summed E-state index contributed by atoms with van der Waals surface area (Å²) in [5, 5.41) is 5.44. The van der Waals surface area contributed by atoms with Crippen LogP contribution in [-0.4, -0.2) is 29.6 Å². The highest BCUT2D eigenvalue weighted by atomic mass is 32.1. The maximum Gasteiger partial charge on any atom is 0.258 e. The Bertz CT molecular complexity index is 1180. The lowest BCUT2D eigenvalue weighted by Crippen LogP contribution is -2.28. The molecule has 2 aromatic heterocycles. The largest absolute Gasteiger partial charge is 0.497 e. The number of carbonyl (C=O) groups is 1. The molecular formula is C22H18FN3O3S. The van der Waals surface area contributed by atoms with Crippen molar-refractivity contribution in [1.82, 2.24) is 15.3 Å². The van der Waals surface area contributed by atoms with E-state index >= 15 is 0 Å². The number of methoxy groups -OCH3 is 1. The topological polar surface area (TPSA) is 73.3 Å². The smallest absolute Gasteiger partial charge is 0.258 e. The zero-order valence-corrected chi connectivity index (χ0v) is 16.9. The Morgan fingerprint density at radius 1 is 1.17 bits per heavy atom. The fourth-order valence-electron chi connectivity index (χ4n) is 2.97. The maximum absolute atomic E-state index is 13.3. The van der Waals surface area contributed by atoms with Crippen LogP contribution in [0, 0.1) is 5.82 Å². The third-order valence-corrected chi connectivity index (χ3v) is 5.34. The van der Waals surface area contributed by atoms with Gasteiger partial charge in [0, 0.05) is 17.5 Å². The third kappa shape index (κ3) is 4.38. The maximum atomic E-state index is 13.3. The van der Waals surface area contributed by atoms with E-state index in [1.54, 1.807) is 19.2 Å². The molecule has 4 aromatic rings. The van der Waals surface area contributed by atoms with E-state index in [0.29, 0.717) is 17.8 Å². The summed E-state index contributed by atoms with van der Waals surface area (Å²) in [7, 11) is 1.60. The van der Waals surface area contributed by atoms with Crippen LogP contribution in [0.25, 0.3) is 21.3 Å². The number of benzene rings is 2. The molecule has 0 fully saturated rings. The number of amides is 1. The molecule has 0 spiro atoms. The van der Waals surface area contributed by atoms with E-state index in [9.17, 15) is 9.18 Å². The minimum Gasteiger partial charge on any atom is -0.497 e. The molecule has 0 atom stereocenters. The van der Waals surface area contributed by atoms with E-state index in [1.165, 1.54) is 29.8 Å². The van der Waals surface area contributed by atoms with E-state index in [-0.39, 0.29) is 18.3 Å². The molecule has 1 amide bonds. The molecule has 0 saturated heterocycles. The van der Waals surface area contributed by atoms with Crippen molar-refractivity contribution in [1.29, 1.82) is 0 Å². The third-order valence-electron chi connectivity index (χ3n) is 4.45. The highest BCUT2D eigenvalue weighted by Crippen LogP contribution is 2.37. The Morgan fingerprint density at radius 2 is 2.00 bits per heavy atom. The number of hydrogen-bond acceptors (Lipinski definition) is 6. The first kappa shape index (κ1) is 19.8. The molecule has 0 aliphatic rings. The van der Waals surface area contributed by atoms with Crippen molar-refractivity contribution in [2.45, 2.75) is 6.54 Å². The number of nitrogens with zero attached hydrogens (tertiary/aromatic N) is 2. The van der Waals surface area contributed by atoms with Gasteiger partial charge >= 0.3 is 0 Å². The summed E-state index contributed by atoms with van der Waals surface area (Å²) in [6, 6.07) is 13.6. The molecule has 1 N–H and O–H groups in total. The molecular weight excluding hydrogens is 405 g/mol. The second-order valence-electron chi connectivity index (χ2n) is 6.43. The lowest BCUT2D eigenvalue weighted by molar-refractivity contribution is -0.123. The predicted octanol–water partition coefficient (Wildman–Crippen LogP) is 4.20. The molecule has 0 bridgehead atoms. The standard InChI is InChI=1S/C22H18FN3O3S/c1-28-17-4-2-3-14(9-17)10-24-19(27)11-29-21-20-18(12-30-22(20)26-13-25-21)15-5-7-16(23)8-6-15/h2-9,12-13H,10-11H2,1H3,(H,24,27). The summed E-state index contributed by atoms with van der Waals surface area (Å²) < 4.78 is 24.2. The van der Waals surface area contributed by atoms with Gasteiger partial charge in [0.1, 0.15) is 22.7 Å². The minimum atomic E-state index is -0.307. The number of aromatic nitrogens is 2. The summed E-state index contributed by atoms with van der Waals surface area (Å²) in [5.41, 5.74) is 2.58. The zero-order valence-electron chi connectivity index (χ0n) is 16.1. The fraction of sp³-hybridized carbons (Fsp3) is 0.136. The van der Waals surface area contributed by atoms with Crippen LogP contribution >= 0.6 is 11.3 Å². The molecule has 0 aliphatic heterocycles. The fourth-order valence-corrected chi connectivity index (χ4v) is 3.87. The normalized spacial score (nSPS) is 10.7. The number of carbonyl (C=O) groups excluding carboxylic acids is 1. The molecule has 2 aromatic carbocycles. The highest BCUT2D eigenvalue weighted by Gasteiger charge is 2.15. The molecule has 0 unspecified atom stereocenters. The number of thiophene rings is 1. The van der Waals surface area contributed by atoms with Crippen molar-refractivity contribution in [2.75, 3.05) is 13.7 Å². The van der Waals surface area contributed by atoms with Crippen LogP contribution in [0.4, 0.5) is 4.39 Å². The lowest BCUT2D eigenvalue weighted by atomic mass is 10.1. The van der Waals surface area contributed by atoms with Crippen LogP contribution in [0.15, 0.2) is 60.2 Å². The summed E-state index contributed by atoms with van der Waals surface area (Å²) in [6.45, 7) is 0.173. The number of fused-ring (bicyclic) bond motifs is 1. The Labute approximate surface area is 176 Å². The van der Waals surface area contributed by atoms with Crippen molar-refractivity contribution in [3.05, 3.63) is 71.6 Å². The number of halogens is 1. The van der Waals surface area contributed by atoms with E-state index < -0.39 is 0 Å². The average molecular weight is 423 g/mol. The summed E-state index contributed by atoms with van der Waals surface area (Å²) in [5.74, 6) is 0.464. The molecule has 0 radical (unpaired) electrons. The second kappa shape index (κ2) is 8.87. The summed E-state index contributed by atoms with van der Waals surface area (Å²) in [6.07, 6.45) is 1.40. The molecule has 152 valence electrons. The first-order valence-corrected chi connectivity index (χ1v) is 10.0. The van der Waals surface area contributed by atoms with Crippen LogP contribution < -0.4 is 14.8 Å². The molecule has 8 heteroatoms. The Hall–Kier alpha value is -3.52. The monoisotopic (exact) mass is 423 g/mol. The van der Waals surface area contributed by atoms with E-state index in [2.05, 4.69) is 15.3 Å². The second-order valence-corrected chi connectivity index (χ2v) is 7.29. The van der Waals surface area contributed by atoms with Gasteiger partial charge in [0.15, 0.2) is 6.61 Å². The van der Waals surface area contributed by atoms with Gasteiger partial charge in [0.25, 0.3) is 5.91 Å². The first-order chi connectivity index (χ1) is 14.6. The summed E-state index contributed by atoms with van der Waals surface area (Å²) in [4.78, 5) is 21.5. The molecule has 0 saturated carbocycles. The number of ether oxygens (including phenoxy) is 2. The van der Waals surface area contributed by atoms with Crippen molar-refractivity contribution in [2.24, 2.45) is 0 Å². The van der Waals surface area contributed by atoms with E-state index in [1.807, 2.05) is 29.6 Å². The Kier molecular flexibility index (Phi) is 5.85. The SMILES string of the molecule is COc1cccc(CNC(=O)COc2ncnc3scc(-c4ccc(F)cc4)c23)c1. The van der Waals surface area contributed by atoms with Gasteiger partial charge in [0.2, 0.25) is 5.88 Å². The van der Waals surface area contributed by atoms with Gasteiger partial charge in [-0.15, -0.1) is 11.3 Å². The number of hydrogen-bond donors (Lipinski definition) is 1. The van der Waals surface area contributed by atoms with Gasteiger partial charge in [-0.1, -0.05) is 24.3 Å². The van der Waals surface area contributed by atoms with Crippen LogP contribution in [0.5, 0.6) is 11.6 Å². The molecule has 30 heavy (non-hydrogen) atoms. The van der Waals surface area contributed by atoms with Crippen LogP contribution in [0.3, 0.4) is 0 Å². The molecule has 2 heterocycles. The average Bonchev–Trinajstić information content (AvgIpc) is 3.22. The van der Waals surface area contributed by atoms with Crippen molar-refractivity contribution in [3.63, 3.8) is 0 Å². The molecule has 4 rings (SSSR count). The van der Waals surface area contributed by atoms with Crippen molar-refractivity contribution < 1.29 is 18.7 Å². The highest BCUT2D eigenvalue weighted by molar-refractivity contribution is 7.17. The lowest BCUT2D eigenvalue weighted by Gasteiger charge is -2.09. The summed E-state index contributed by atoms with van der Waals surface area (Å²) >= 11 is 1.44. The Morgan fingerprint density at radius 3 is 2.80 bits per heavy atom. The van der Waals surface area contributed by atoms with Crippen molar-refractivity contribution >= 4 is 27.5 Å².